The normalized spacial score (nSPS) is 19.8. The predicted molar refractivity (Wildman–Crippen MR) is 74.6 cm³/mol. The van der Waals surface area contributed by atoms with Crippen LogP contribution in [0.15, 0.2) is 23.8 Å². The van der Waals surface area contributed by atoms with Crippen LogP contribution < -0.4 is 5.32 Å². The highest BCUT2D eigenvalue weighted by Gasteiger charge is 2.47. The Morgan fingerprint density at radius 2 is 2.09 bits per heavy atom. The number of nitriles is 1. The fourth-order valence-electron chi connectivity index (χ4n) is 2.32. The Balaban J connectivity index is 2.63. The molecule has 0 saturated heterocycles. The van der Waals surface area contributed by atoms with Gasteiger partial charge in [0.2, 0.25) is 0 Å². The highest BCUT2D eigenvalue weighted by Crippen LogP contribution is 2.39. The molecule has 0 aliphatic heterocycles. The van der Waals surface area contributed by atoms with E-state index < -0.39 is 46.8 Å². The topological polar surface area (TPSA) is 127 Å². The predicted octanol–water partition coefficient (Wildman–Crippen LogP) is 0.660. The molecule has 1 aliphatic rings. The average Bonchev–Trinajstić information content (AvgIpc) is 2.50. The molecule has 23 heavy (non-hydrogen) atoms. The number of amides is 1. The van der Waals surface area contributed by atoms with Crippen molar-refractivity contribution in [3.8, 4) is 6.07 Å². The van der Waals surface area contributed by atoms with Crippen LogP contribution in [0.1, 0.15) is 18.1 Å². The van der Waals surface area contributed by atoms with Crippen molar-refractivity contribution in [2.24, 2.45) is 0 Å². The van der Waals surface area contributed by atoms with E-state index in [4.69, 9.17) is 5.11 Å². The summed E-state index contributed by atoms with van der Waals surface area (Å²) in [5.41, 5.74) is -2.69. The third-order valence-corrected chi connectivity index (χ3v) is 3.54. The van der Waals surface area contributed by atoms with Crippen LogP contribution in [0.5, 0.6) is 0 Å². The molecule has 1 unspecified atom stereocenters. The summed E-state index contributed by atoms with van der Waals surface area (Å²) >= 11 is 0. The number of hydrogen-bond donors (Lipinski definition) is 3. The van der Waals surface area contributed by atoms with Crippen molar-refractivity contribution in [3.63, 3.8) is 0 Å². The Morgan fingerprint density at radius 3 is 2.65 bits per heavy atom. The lowest BCUT2D eigenvalue weighted by molar-refractivity contribution is -0.137. The van der Waals surface area contributed by atoms with E-state index in [1.807, 2.05) is 5.32 Å². The van der Waals surface area contributed by atoms with E-state index in [1.165, 1.54) is 6.92 Å². The number of hydrogen-bond acceptors (Lipinski definition) is 5. The SMILES string of the molecule is CC1(C#N)C(=O)C(C(=O)NCC(=O)O)=C(O)c2ccc(F)cc21. The maximum Gasteiger partial charge on any atom is 0.322 e. The first-order valence-corrected chi connectivity index (χ1v) is 6.42. The van der Waals surface area contributed by atoms with Crippen LogP contribution in [0.2, 0.25) is 0 Å². The quantitative estimate of drug-likeness (QED) is 0.702. The van der Waals surface area contributed by atoms with Gasteiger partial charge in [-0.2, -0.15) is 5.26 Å². The Hall–Kier alpha value is -3.21. The van der Waals surface area contributed by atoms with Crippen LogP contribution in [-0.4, -0.2) is 34.4 Å². The van der Waals surface area contributed by atoms with Gasteiger partial charge >= 0.3 is 5.97 Å². The van der Waals surface area contributed by atoms with Crippen LogP contribution in [0.3, 0.4) is 0 Å². The largest absolute Gasteiger partial charge is 0.506 e. The molecule has 2 rings (SSSR count). The standard InChI is InChI=1S/C15H11FN2O5/c1-15(6-17)9-4-7(16)2-3-8(9)12(21)11(13(15)22)14(23)18-5-10(19)20/h2-4,21H,5H2,1H3,(H,18,23)(H,19,20). The first kappa shape index (κ1) is 16.2. The Morgan fingerprint density at radius 1 is 1.43 bits per heavy atom. The summed E-state index contributed by atoms with van der Waals surface area (Å²) in [6.45, 7) is 0.437. The van der Waals surface area contributed by atoms with E-state index in [9.17, 15) is 29.1 Å². The number of halogens is 1. The minimum Gasteiger partial charge on any atom is -0.506 e. The third kappa shape index (κ3) is 2.53. The number of aliphatic carboxylic acids is 1. The number of nitrogens with one attached hydrogen (secondary N) is 1. The van der Waals surface area contributed by atoms with Gasteiger partial charge in [-0.25, -0.2) is 4.39 Å². The molecule has 0 saturated carbocycles. The van der Waals surface area contributed by atoms with Crippen molar-refractivity contribution in [1.29, 1.82) is 5.26 Å². The first-order valence-electron chi connectivity index (χ1n) is 6.42. The van der Waals surface area contributed by atoms with Crippen molar-refractivity contribution in [3.05, 3.63) is 40.7 Å². The van der Waals surface area contributed by atoms with Crippen molar-refractivity contribution in [2.45, 2.75) is 12.3 Å². The second kappa shape index (κ2) is 5.53. The van der Waals surface area contributed by atoms with Gasteiger partial charge in [-0.05, 0) is 30.7 Å². The number of fused-ring (bicyclic) bond motifs is 1. The molecule has 3 N–H and O–H groups in total. The zero-order chi connectivity index (χ0) is 17.4. The maximum atomic E-state index is 13.4. The first-order chi connectivity index (χ1) is 10.7. The highest BCUT2D eigenvalue weighted by molar-refractivity contribution is 6.29. The number of aliphatic hydroxyl groups excluding tert-OH is 1. The van der Waals surface area contributed by atoms with Crippen LogP contribution >= 0.6 is 0 Å². The van der Waals surface area contributed by atoms with E-state index in [0.29, 0.717) is 0 Å². The molecule has 118 valence electrons. The summed E-state index contributed by atoms with van der Waals surface area (Å²) in [7, 11) is 0. The van der Waals surface area contributed by atoms with Gasteiger partial charge in [0, 0.05) is 5.56 Å². The Labute approximate surface area is 129 Å². The number of carboxylic acids is 1. The lowest BCUT2D eigenvalue weighted by Gasteiger charge is -2.29. The van der Waals surface area contributed by atoms with Gasteiger partial charge in [0.15, 0.2) is 5.78 Å². The van der Waals surface area contributed by atoms with Crippen molar-refractivity contribution in [2.75, 3.05) is 6.54 Å². The molecule has 1 aliphatic carbocycles. The number of benzene rings is 1. The highest BCUT2D eigenvalue weighted by atomic mass is 19.1. The number of Topliss-reactive ketones (excluding diaryl/α,β-unsaturated/α-hetero) is 1. The Kier molecular flexibility index (Phi) is 3.89. The number of nitrogens with zero attached hydrogens (tertiary/aromatic N) is 1. The van der Waals surface area contributed by atoms with Gasteiger partial charge in [0.1, 0.15) is 29.1 Å². The molecule has 8 heteroatoms. The summed E-state index contributed by atoms with van der Waals surface area (Å²) in [6.07, 6.45) is 0. The minimum atomic E-state index is -1.88. The van der Waals surface area contributed by atoms with E-state index in [2.05, 4.69) is 0 Å². The molecule has 1 aromatic carbocycles. The molecule has 0 bridgehead atoms. The van der Waals surface area contributed by atoms with E-state index in [-0.39, 0.29) is 11.1 Å². The molecule has 0 heterocycles. The van der Waals surface area contributed by atoms with Crippen LogP contribution in [-0.2, 0) is 19.8 Å². The number of carbonyl (C=O) groups is 3. The van der Waals surface area contributed by atoms with Crippen molar-refractivity contribution >= 4 is 23.4 Å². The van der Waals surface area contributed by atoms with Crippen LogP contribution in [0.4, 0.5) is 4.39 Å². The molecule has 0 aromatic heterocycles. The summed E-state index contributed by atoms with van der Waals surface area (Å²) in [6, 6.07) is 4.82. The maximum absolute atomic E-state index is 13.4. The number of rotatable bonds is 3. The zero-order valence-corrected chi connectivity index (χ0v) is 11.9. The minimum absolute atomic E-state index is 0.0319. The van der Waals surface area contributed by atoms with Gasteiger partial charge in [0.25, 0.3) is 5.91 Å². The zero-order valence-electron chi connectivity index (χ0n) is 11.9. The molecule has 1 amide bonds. The van der Waals surface area contributed by atoms with Gasteiger partial charge in [-0.15, -0.1) is 0 Å². The van der Waals surface area contributed by atoms with Gasteiger partial charge in [0.05, 0.1) is 6.07 Å². The summed E-state index contributed by atoms with van der Waals surface area (Å²) in [5, 5.41) is 30.0. The fourth-order valence-corrected chi connectivity index (χ4v) is 2.32. The summed E-state index contributed by atoms with van der Waals surface area (Å²) < 4.78 is 13.4. The monoisotopic (exact) mass is 318 g/mol. The van der Waals surface area contributed by atoms with Crippen LogP contribution in [0, 0.1) is 17.1 Å². The molecule has 0 fully saturated rings. The van der Waals surface area contributed by atoms with Crippen molar-refractivity contribution in [1.82, 2.24) is 5.32 Å². The van der Waals surface area contributed by atoms with E-state index in [0.717, 1.165) is 18.2 Å². The smallest absolute Gasteiger partial charge is 0.322 e. The summed E-state index contributed by atoms with van der Waals surface area (Å²) in [4.78, 5) is 35.0. The molecule has 0 radical (unpaired) electrons. The molecule has 1 atom stereocenters. The van der Waals surface area contributed by atoms with Gasteiger partial charge < -0.3 is 15.5 Å². The molecule has 7 nitrogen and oxygen atoms in total. The second-order valence-corrected chi connectivity index (χ2v) is 5.06. The Bertz CT molecular complexity index is 809. The van der Waals surface area contributed by atoms with E-state index >= 15 is 0 Å². The number of carboxylic acid groups (broad SMARTS) is 1. The molecule has 0 spiro atoms. The molecular weight excluding hydrogens is 307 g/mol. The number of ketones is 1. The fraction of sp³-hybridized carbons (Fsp3) is 0.200. The molecule has 1 aromatic rings. The van der Waals surface area contributed by atoms with Crippen LogP contribution in [0.25, 0.3) is 5.76 Å². The third-order valence-electron chi connectivity index (χ3n) is 3.54. The lowest BCUT2D eigenvalue weighted by Crippen LogP contribution is -2.43. The number of carbonyl (C=O) groups excluding carboxylic acids is 2. The van der Waals surface area contributed by atoms with E-state index in [1.54, 1.807) is 6.07 Å². The number of aliphatic hydroxyl groups is 1. The van der Waals surface area contributed by atoms with Crippen molar-refractivity contribution < 1.29 is 29.0 Å². The molecular formula is C15H11FN2O5. The lowest BCUT2D eigenvalue weighted by atomic mass is 9.70. The average molecular weight is 318 g/mol. The second-order valence-electron chi connectivity index (χ2n) is 5.06. The van der Waals surface area contributed by atoms with Gasteiger partial charge in [-0.1, -0.05) is 0 Å². The van der Waals surface area contributed by atoms with Gasteiger partial charge in [-0.3, -0.25) is 14.4 Å². The summed E-state index contributed by atoms with van der Waals surface area (Å²) in [5.74, 6) is -4.91.